The van der Waals surface area contributed by atoms with Gasteiger partial charge in [0, 0.05) is 0 Å². The Balaban J connectivity index is 5.41. The Hall–Kier alpha value is -2.91. The molecule has 15 heteroatoms. The van der Waals surface area contributed by atoms with Crippen LogP contribution in [-0.2, 0) is 28.8 Å². The molecular weight excluding hydrogens is 450 g/mol. The standard InChI is InChI=1S/C17H29N5O9S/c1-7(23)13(22-14(27)8(18)5-12(25)26)16(29)20-9(3-4-32-2)15(28)21-10(17(30)31)6-11(19)24/h7-10,13,23H,3-6,18H2,1-2H3,(H2,19,24)(H,20,29)(H,21,28)(H,22,27)(H,25,26)(H,30,31). The Morgan fingerprint density at radius 1 is 0.906 bits per heavy atom. The van der Waals surface area contributed by atoms with Crippen LogP contribution in [0.5, 0.6) is 0 Å². The summed E-state index contributed by atoms with van der Waals surface area (Å²) in [6.07, 6.45) is -1.04. The molecule has 0 radical (unpaired) electrons. The number of amides is 4. The molecule has 0 saturated carbocycles. The maximum Gasteiger partial charge on any atom is 0.326 e. The van der Waals surface area contributed by atoms with Crippen LogP contribution in [0, 0.1) is 0 Å². The van der Waals surface area contributed by atoms with Crippen molar-refractivity contribution in [3.05, 3.63) is 0 Å². The fourth-order valence-corrected chi connectivity index (χ4v) is 2.86. The molecule has 5 atom stereocenters. The van der Waals surface area contributed by atoms with E-state index in [-0.39, 0.29) is 6.42 Å². The molecule has 0 aliphatic carbocycles. The summed E-state index contributed by atoms with van der Waals surface area (Å²) < 4.78 is 0. The summed E-state index contributed by atoms with van der Waals surface area (Å²) in [7, 11) is 0. The number of carbonyl (C=O) groups is 6. The minimum atomic E-state index is -1.62. The van der Waals surface area contributed by atoms with Crippen molar-refractivity contribution < 1.29 is 44.1 Å². The number of thioether (sulfide) groups is 1. The predicted molar refractivity (Wildman–Crippen MR) is 112 cm³/mol. The zero-order valence-electron chi connectivity index (χ0n) is 17.6. The van der Waals surface area contributed by atoms with E-state index in [0.717, 1.165) is 0 Å². The fourth-order valence-electron chi connectivity index (χ4n) is 2.39. The van der Waals surface area contributed by atoms with E-state index in [9.17, 15) is 33.9 Å². The normalized spacial score (nSPS) is 15.4. The lowest BCUT2D eigenvalue weighted by molar-refractivity contribution is -0.144. The molecule has 14 nitrogen and oxygen atoms in total. The average Bonchev–Trinajstić information content (AvgIpc) is 2.66. The zero-order chi connectivity index (χ0) is 25.0. The van der Waals surface area contributed by atoms with Crippen molar-refractivity contribution in [1.82, 2.24) is 16.0 Å². The fraction of sp³-hybridized carbons (Fsp3) is 0.647. The minimum absolute atomic E-state index is 0.0562. The minimum Gasteiger partial charge on any atom is -0.481 e. The van der Waals surface area contributed by atoms with Gasteiger partial charge in [-0.05, 0) is 25.4 Å². The summed E-state index contributed by atoms with van der Waals surface area (Å²) in [5.41, 5.74) is 10.4. The number of aliphatic hydroxyl groups excluding tert-OH is 1. The lowest BCUT2D eigenvalue weighted by Crippen LogP contribution is -2.60. The van der Waals surface area contributed by atoms with Gasteiger partial charge >= 0.3 is 11.9 Å². The summed E-state index contributed by atoms with van der Waals surface area (Å²) >= 11 is 1.33. The molecule has 0 spiro atoms. The van der Waals surface area contributed by atoms with Crippen LogP contribution in [0.25, 0.3) is 0 Å². The molecule has 0 fully saturated rings. The molecule has 4 amide bonds. The topological polar surface area (TPSA) is 251 Å². The number of carboxylic acids is 2. The van der Waals surface area contributed by atoms with Crippen LogP contribution in [0.1, 0.15) is 26.2 Å². The largest absolute Gasteiger partial charge is 0.481 e. The first kappa shape index (κ1) is 29.1. The lowest BCUT2D eigenvalue weighted by atomic mass is 10.1. The highest BCUT2D eigenvalue weighted by atomic mass is 32.2. The number of hydrogen-bond acceptors (Lipinski definition) is 9. The van der Waals surface area contributed by atoms with E-state index in [1.165, 1.54) is 18.7 Å². The number of carbonyl (C=O) groups excluding carboxylic acids is 4. The Bertz CT molecular complexity index is 719. The molecule has 32 heavy (non-hydrogen) atoms. The van der Waals surface area contributed by atoms with E-state index in [4.69, 9.17) is 21.7 Å². The summed E-state index contributed by atoms with van der Waals surface area (Å²) in [5.74, 6) is -6.35. The van der Waals surface area contributed by atoms with Gasteiger partial charge < -0.3 is 42.7 Å². The Morgan fingerprint density at radius 3 is 1.91 bits per heavy atom. The van der Waals surface area contributed by atoms with Crippen LogP contribution in [0.3, 0.4) is 0 Å². The third kappa shape index (κ3) is 10.9. The molecule has 0 aromatic heterocycles. The summed E-state index contributed by atoms with van der Waals surface area (Å²) in [5, 5.41) is 34.3. The molecule has 0 aliphatic rings. The van der Waals surface area contributed by atoms with Crippen LogP contribution in [-0.4, -0.2) is 93.2 Å². The Labute approximate surface area is 187 Å². The molecule has 0 aromatic rings. The van der Waals surface area contributed by atoms with Gasteiger partial charge in [-0.25, -0.2) is 4.79 Å². The summed E-state index contributed by atoms with van der Waals surface area (Å²) in [6.45, 7) is 1.18. The van der Waals surface area contributed by atoms with E-state index in [1.807, 2.05) is 0 Å². The van der Waals surface area contributed by atoms with Crippen LogP contribution >= 0.6 is 11.8 Å². The van der Waals surface area contributed by atoms with Gasteiger partial charge in [0.05, 0.1) is 25.0 Å². The quantitative estimate of drug-likeness (QED) is 0.114. The molecular formula is C17H29N5O9S. The maximum absolute atomic E-state index is 12.6. The molecule has 0 aromatic carbocycles. The molecule has 0 aliphatic heterocycles. The molecule has 0 bridgehead atoms. The predicted octanol–water partition coefficient (Wildman–Crippen LogP) is -3.66. The van der Waals surface area contributed by atoms with Gasteiger partial charge in [0.2, 0.25) is 23.6 Å². The zero-order valence-corrected chi connectivity index (χ0v) is 18.4. The highest BCUT2D eigenvalue weighted by molar-refractivity contribution is 7.98. The van der Waals surface area contributed by atoms with Crippen LogP contribution in [0.4, 0.5) is 0 Å². The van der Waals surface area contributed by atoms with Gasteiger partial charge in [0.1, 0.15) is 18.1 Å². The van der Waals surface area contributed by atoms with E-state index in [2.05, 4.69) is 16.0 Å². The van der Waals surface area contributed by atoms with Crippen molar-refractivity contribution in [1.29, 1.82) is 0 Å². The van der Waals surface area contributed by atoms with Gasteiger partial charge in [-0.15, -0.1) is 0 Å². The Morgan fingerprint density at radius 2 is 1.47 bits per heavy atom. The number of nitrogens with two attached hydrogens (primary N) is 2. The highest BCUT2D eigenvalue weighted by Gasteiger charge is 2.32. The third-order valence-electron chi connectivity index (χ3n) is 4.06. The van der Waals surface area contributed by atoms with Gasteiger partial charge in [-0.2, -0.15) is 11.8 Å². The molecule has 0 saturated heterocycles. The Kier molecular flexibility index (Phi) is 12.9. The monoisotopic (exact) mass is 479 g/mol. The van der Waals surface area contributed by atoms with Crippen molar-refractivity contribution in [2.75, 3.05) is 12.0 Å². The third-order valence-corrected chi connectivity index (χ3v) is 4.70. The van der Waals surface area contributed by atoms with Crippen molar-refractivity contribution in [3.8, 4) is 0 Å². The lowest BCUT2D eigenvalue weighted by Gasteiger charge is -2.26. The van der Waals surface area contributed by atoms with Crippen LogP contribution in [0.2, 0.25) is 0 Å². The van der Waals surface area contributed by atoms with Crippen molar-refractivity contribution in [3.63, 3.8) is 0 Å². The second-order valence-corrected chi connectivity index (χ2v) is 7.83. The SMILES string of the molecule is CSCCC(NC(=O)C(NC(=O)C(N)CC(=O)O)C(C)O)C(=O)NC(CC(N)=O)C(=O)O. The second-order valence-electron chi connectivity index (χ2n) is 6.84. The van der Waals surface area contributed by atoms with Gasteiger partial charge in [0.25, 0.3) is 0 Å². The van der Waals surface area contributed by atoms with Crippen molar-refractivity contribution >= 4 is 47.3 Å². The smallest absolute Gasteiger partial charge is 0.326 e. The van der Waals surface area contributed by atoms with Gasteiger partial charge in [0.15, 0.2) is 0 Å². The van der Waals surface area contributed by atoms with Gasteiger partial charge in [-0.1, -0.05) is 0 Å². The van der Waals surface area contributed by atoms with Crippen LogP contribution < -0.4 is 27.4 Å². The van der Waals surface area contributed by atoms with E-state index < -0.39 is 78.7 Å². The van der Waals surface area contributed by atoms with E-state index in [1.54, 1.807) is 6.26 Å². The number of primary amides is 1. The molecule has 0 heterocycles. The van der Waals surface area contributed by atoms with Crippen LogP contribution in [0.15, 0.2) is 0 Å². The molecule has 10 N–H and O–H groups in total. The number of rotatable bonds is 15. The number of carboxylic acid groups (broad SMARTS) is 2. The number of hydrogen-bond donors (Lipinski definition) is 8. The molecule has 182 valence electrons. The number of aliphatic carboxylic acids is 2. The van der Waals surface area contributed by atoms with Gasteiger partial charge in [-0.3, -0.25) is 24.0 Å². The molecule has 5 unspecified atom stereocenters. The summed E-state index contributed by atoms with van der Waals surface area (Å²) in [4.78, 5) is 70.1. The van der Waals surface area contributed by atoms with Crippen molar-refractivity contribution in [2.24, 2.45) is 11.5 Å². The van der Waals surface area contributed by atoms with E-state index in [0.29, 0.717) is 5.75 Å². The summed E-state index contributed by atoms with van der Waals surface area (Å²) in [6, 6.07) is -5.94. The van der Waals surface area contributed by atoms with Crippen molar-refractivity contribution in [2.45, 2.75) is 56.5 Å². The maximum atomic E-state index is 12.6. The molecule has 0 rings (SSSR count). The van der Waals surface area contributed by atoms with E-state index >= 15 is 0 Å². The second kappa shape index (κ2) is 14.2. The first-order valence-corrected chi connectivity index (χ1v) is 10.8. The number of nitrogens with one attached hydrogen (secondary N) is 3. The first-order chi connectivity index (χ1) is 14.8. The number of aliphatic hydroxyl groups is 1. The first-order valence-electron chi connectivity index (χ1n) is 9.36. The average molecular weight is 480 g/mol. The highest BCUT2D eigenvalue weighted by Crippen LogP contribution is 2.05.